The number of para-hydroxylation sites is 2. The first-order chi connectivity index (χ1) is 11.6. The van der Waals surface area contributed by atoms with Gasteiger partial charge in [0.05, 0.1) is 12.1 Å². The first kappa shape index (κ1) is 15.7. The average Bonchev–Trinajstić information content (AvgIpc) is 2.91. The van der Waals surface area contributed by atoms with Gasteiger partial charge in [0.1, 0.15) is 0 Å². The number of aromatic nitrogens is 1. The number of carbonyl (C=O) groups excluding carboxylic acids is 2. The Morgan fingerprint density at radius 1 is 1.08 bits per heavy atom. The Balaban J connectivity index is 1.80. The SMILES string of the molecule is CCC(=O)Nc1ccc(C(=O)Cn2c(=O)oc3ccccc32)cc1. The van der Waals surface area contributed by atoms with E-state index in [2.05, 4.69) is 5.32 Å². The van der Waals surface area contributed by atoms with Crippen LogP contribution in [0.5, 0.6) is 0 Å². The summed E-state index contributed by atoms with van der Waals surface area (Å²) in [6, 6.07) is 13.5. The summed E-state index contributed by atoms with van der Waals surface area (Å²) in [5.41, 5.74) is 2.13. The molecule has 0 saturated carbocycles. The van der Waals surface area contributed by atoms with E-state index in [-0.39, 0.29) is 18.2 Å². The zero-order valence-corrected chi connectivity index (χ0v) is 13.1. The highest BCUT2D eigenvalue weighted by atomic mass is 16.4. The topological polar surface area (TPSA) is 81.3 Å². The van der Waals surface area contributed by atoms with Crippen LogP contribution in [-0.2, 0) is 11.3 Å². The number of nitrogens with one attached hydrogen (secondary N) is 1. The molecule has 1 aromatic heterocycles. The second-order valence-corrected chi connectivity index (χ2v) is 5.32. The first-order valence-electron chi connectivity index (χ1n) is 7.60. The molecule has 0 fully saturated rings. The normalized spacial score (nSPS) is 10.7. The summed E-state index contributed by atoms with van der Waals surface area (Å²) >= 11 is 0. The molecular weight excluding hydrogens is 308 g/mol. The van der Waals surface area contributed by atoms with Gasteiger partial charge in [-0.1, -0.05) is 19.1 Å². The third-order valence-corrected chi connectivity index (χ3v) is 3.69. The number of carbonyl (C=O) groups is 2. The van der Waals surface area contributed by atoms with E-state index in [1.54, 1.807) is 55.5 Å². The van der Waals surface area contributed by atoms with Crippen molar-refractivity contribution in [3.8, 4) is 0 Å². The molecule has 6 heteroatoms. The molecule has 3 aromatic rings. The minimum atomic E-state index is -0.559. The van der Waals surface area contributed by atoms with E-state index >= 15 is 0 Å². The molecule has 0 atom stereocenters. The van der Waals surface area contributed by atoms with E-state index in [0.717, 1.165) is 0 Å². The molecule has 0 aliphatic rings. The Kier molecular flexibility index (Phi) is 4.29. The van der Waals surface area contributed by atoms with Gasteiger partial charge in [-0.05, 0) is 36.4 Å². The lowest BCUT2D eigenvalue weighted by Crippen LogP contribution is -2.20. The smallest absolute Gasteiger partial charge is 0.408 e. The fourth-order valence-electron chi connectivity index (χ4n) is 2.39. The van der Waals surface area contributed by atoms with Gasteiger partial charge in [-0.2, -0.15) is 0 Å². The van der Waals surface area contributed by atoms with E-state index in [1.807, 2.05) is 0 Å². The van der Waals surface area contributed by atoms with Crippen LogP contribution in [0.25, 0.3) is 11.1 Å². The number of oxazole rings is 1. The second-order valence-electron chi connectivity index (χ2n) is 5.32. The van der Waals surface area contributed by atoms with E-state index in [9.17, 15) is 14.4 Å². The number of hydrogen-bond acceptors (Lipinski definition) is 4. The number of anilines is 1. The molecule has 1 N–H and O–H groups in total. The van der Waals surface area contributed by atoms with Crippen LogP contribution in [0.3, 0.4) is 0 Å². The summed E-state index contributed by atoms with van der Waals surface area (Å²) in [6.07, 6.45) is 0.386. The molecule has 1 amide bonds. The predicted octanol–water partition coefficient (Wildman–Crippen LogP) is 2.83. The molecule has 2 aromatic carbocycles. The van der Waals surface area contributed by atoms with Crippen LogP contribution in [0.15, 0.2) is 57.7 Å². The van der Waals surface area contributed by atoms with Gasteiger partial charge in [0, 0.05) is 17.7 Å². The first-order valence-corrected chi connectivity index (χ1v) is 7.60. The Bertz CT molecular complexity index is 951. The van der Waals surface area contributed by atoms with Gasteiger partial charge in [0.15, 0.2) is 11.4 Å². The molecule has 0 spiro atoms. The maximum Gasteiger partial charge on any atom is 0.420 e. The zero-order valence-electron chi connectivity index (χ0n) is 13.1. The lowest BCUT2D eigenvalue weighted by atomic mass is 10.1. The molecule has 122 valence electrons. The van der Waals surface area contributed by atoms with Crippen LogP contribution in [0, 0.1) is 0 Å². The predicted molar refractivity (Wildman–Crippen MR) is 90.2 cm³/mol. The summed E-state index contributed by atoms with van der Waals surface area (Å²) in [5, 5.41) is 2.72. The Hall–Kier alpha value is -3.15. The molecule has 1 heterocycles. The van der Waals surface area contributed by atoms with Crippen molar-refractivity contribution in [1.29, 1.82) is 0 Å². The second kappa shape index (κ2) is 6.54. The Morgan fingerprint density at radius 2 is 1.79 bits per heavy atom. The van der Waals surface area contributed by atoms with Crippen molar-refractivity contribution < 1.29 is 14.0 Å². The minimum Gasteiger partial charge on any atom is -0.408 e. The van der Waals surface area contributed by atoms with Crippen LogP contribution < -0.4 is 11.1 Å². The Labute approximate surface area is 137 Å². The number of benzene rings is 2. The number of amides is 1. The fourth-order valence-corrected chi connectivity index (χ4v) is 2.39. The largest absolute Gasteiger partial charge is 0.420 e. The van der Waals surface area contributed by atoms with E-state index < -0.39 is 5.76 Å². The quantitative estimate of drug-likeness (QED) is 0.732. The van der Waals surface area contributed by atoms with Crippen molar-refractivity contribution in [3.63, 3.8) is 0 Å². The molecule has 0 aliphatic heterocycles. The van der Waals surface area contributed by atoms with Gasteiger partial charge in [0.25, 0.3) is 0 Å². The van der Waals surface area contributed by atoms with E-state index in [4.69, 9.17) is 4.42 Å². The molecule has 0 saturated heterocycles. The molecule has 0 unspecified atom stereocenters. The van der Waals surface area contributed by atoms with E-state index in [1.165, 1.54) is 4.57 Å². The monoisotopic (exact) mass is 324 g/mol. The third kappa shape index (κ3) is 3.12. The highest BCUT2D eigenvalue weighted by Gasteiger charge is 2.13. The van der Waals surface area contributed by atoms with Crippen LogP contribution in [0.2, 0.25) is 0 Å². The van der Waals surface area contributed by atoms with Crippen molar-refractivity contribution in [2.75, 3.05) is 5.32 Å². The lowest BCUT2D eigenvalue weighted by Gasteiger charge is -2.05. The molecule has 0 radical (unpaired) electrons. The van der Waals surface area contributed by atoms with Crippen LogP contribution in [-0.4, -0.2) is 16.3 Å². The average molecular weight is 324 g/mol. The maximum atomic E-state index is 12.4. The number of rotatable bonds is 5. The highest BCUT2D eigenvalue weighted by Crippen LogP contribution is 2.14. The summed E-state index contributed by atoms with van der Waals surface area (Å²) in [7, 11) is 0. The maximum absolute atomic E-state index is 12.4. The number of hydrogen-bond donors (Lipinski definition) is 1. The lowest BCUT2D eigenvalue weighted by molar-refractivity contribution is -0.115. The zero-order chi connectivity index (χ0) is 17.1. The summed E-state index contributed by atoms with van der Waals surface area (Å²) in [5.74, 6) is -0.862. The Morgan fingerprint density at radius 3 is 2.50 bits per heavy atom. The van der Waals surface area contributed by atoms with Gasteiger partial charge < -0.3 is 9.73 Å². The fraction of sp³-hybridized carbons (Fsp3) is 0.167. The van der Waals surface area contributed by atoms with Crippen LogP contribution in [0.1, 0.15) is 23.7 Å². The van der Waals surface area contributed by atoms with Crippen LogP contribution in [0.4, 0.5) is 5.69 Å². The molecule has 3 rings (SSSR count). The van der Waals surface area contributed by atoms with Gasteiger partial charge in [-0.15, -0.1) is 0 Å². The minimum absolute atomic E-state index is 0.0921. The van der Waals surface area contributed by atoms with Crippen molar-refractivity contribution in [3.05, 3.63) is 64.6 Å². The molecule has 24 heavy (non-hydrogen) atoms. The van der Waals surface area contributed by atoms with E-state index in [0.29, 0.717) is 28.8 Å². The number of fused-ring (bicyclic) bond motifs is 1. The third-order valence-electron chi connectivity index (χ3n) is 3.69. The van der Waals surface area contributed by atoms with Crippen molar-refractivity contribution in [1.82, 2.24) is 4.57 Å². The summed E-state index contributed by atoms with van der Waals surface area (Å²) < 4.78 is 6.43. The highest BCUT2D eigenvalue weighted by molar-refractivity contribution is 5.97. The van der Waals surface area contributed by atoms with Gasteiger partial charge >= 0.3 is 5.76 Å². The number of ketones is 1. The van der Waals surface area contributed by atoms with Crippen molar-refractivity contribution >= 4 is 28.5 Å². The van der Waals surface area contributed by atoms with Crippen molar-refractivity contribution in [2.45, 2.75) is 19.9 Å². The van der Waals surface area contributed by atoms with Gasteiger partial charge in [-0.3, -0.25) is 14.2 Å². The molecule has 6 nitrogen and oxygen atoms in total. The van der Waals surface area contributed by atoms with Gasteiger partial charge in [0.2, 0.25) is 5.91 Å². The summed E-state index contributed by atoms with van der Waals surface area (Å²) in [4.78, 5) is 35.7. The summed E-state index contributed by atoms with van der Waals surface area (Å²) in [6.45, 7) is 1.66. The van der Waals surface area contributed by atoms with Crippen molar-refractivity contribution in [2.24, 2.45) is 0 Å². The molecular formula is C18H16N2O4. The standard InChI is InChI=1S/C18H16N2O4/c1-2-17(22)19-13-9-7-12(8-10-13)15(21)11-20-14-5-3-4-6-16(14)24-18(20)23/h3-10H,2,11H2,1H3,(H,19,22). The molecule has 0 bridgehead atoms. The number of nitrogens with zero attached hydrogens (tertiary/aromatic N) is 1. The number of Topliss-reactive ketones (excluding diaryl/α,β-unsaturated/α-hetero) is 1. The van der Waals surface area contributed by atoms with Gasteiger partial charge in [-0.25, -0.2) is 4.79 Å². The van der Waals surface area contributed by atoms with Crippen LogP contribution >= 0.6 is 0 Å². The molecule has 0 aliphatic carbocycles.